The summed E-state index contributed by atoms with van der Waals surface area (Å²) in [4.78, 5) is 32.3. The average Bonchev–Trinajstić information content (AvgIpc) is 3.40. The molecular formula is C20H19N7O2S. The Balaban J connectivity index is 1.40. The van der Waals surface area contributed by atoms with Gasteiger partial charge in [-0.2, -0.15) is 4.68 Å². The van der Waals surface area contributed by atoms with Crippen LogP contribution in [0.3, 0.4) is 0 Å². The van der Waals surface area contributed by atoms with Crippen LogP contribution in [0.25, 0.3) is 10.6 Å². The molecule has 0 aliphatic carbocycles. The number of anilines is 2. The van der Waals surface area contributed by atoms with E-state index in [2.05, 4.69) is 25.6 Å². The SMILES string of the molecule is O=C(Nc1cnccc1N1CCNCC1)c1ccc(-n2nc3ccccn3c2=O)s1. The first-order chi connectivity index (χ1) is 14.7. The smallest absolute Gasteiger partial charge is 0.355 e. The fourth-order valence-corrected chi connectivity index (χ4v) is 4.33. The number of hydrogen-bond donors (Lipinski definition) is 2. The lowest BCUT2D eigenvalue weighted by Crippen LogP contribution is -2.43. The molecule has 2 N–H and O–H groups in total. The van der Waals surface area contributed by atoms with Crippen LogP contribution in [-0.2, 0) is 0 Å². The van der Waals surface area contributed by atoms with Crippen molar-refractivity contribution in [1.82, 2.24) is 24.5 Å². The van der Waals surface area contributed by atoms with E-state index in [4.69, 9.17) is 0 Å². The maximum Gasteiger partial charge on any atom is 0.355 e. The second-order valence-corrected chi connectivity index (χ2v) is 7.91. The predicted octanol–water partition coefficient (Wildman–Crippen LogP) is 1.60. The molecule has 5 heterocycles. The zero-order chi connectivity index (χ0) is 20.5. The largest absolute Gasteiger partial charge is 0.367 e. The summed E-state index contributed by atoms with van der Waals surface area (Å²) in [7, 11) is 0. The zero-order valence-electron chi connectivity index (χ0n) is 16.0. The Hall–Kier alpha value is -3.50. The highest BCUT2D eigenvalue weighted by Gasteiger charge is 2.18. The van der Waals surface area contributed by atoms with Gasteiger partial charge in [-0.3, -0.25) is 9.78 Å². The molecule has 4 aromatic rings. The molecule has 5 rings (SSSR count). The Labute approximate surface area is 175 Å². The number of hydrogen-bond acceptors (Lipinski definition) is 7. The number of thiophene rings is 1. The fourth-order valence-electron chi connectivity index (χ4n) is 3.48. The Morgan fingerprint density at radius 3 is 2.83 bits per heavy atom. The van der Waals surface area contributed by atoms with Crippen molar-refractivity contribution in [3.8, 4) is 5.00 Å². The van der Waals surface area contributed by atoms with Crippen LogP contribution in [0.4, 0.5) is 11.4 Å². The molecule has 1 fully saturated rings. The van der Waals surface area contributed by atoms with Crippen LogP contribution in [-0.4, -0.2) is 51.3 Å². The van der Waals surface area contributed by atoms with Gasteiger partial charge in [0.05, 0.1) is 22.4 Å². The van der Waals surface area contributed by atoms with Gasteiger partial charge in [-0.25, -0.2) is 9.20 Å². The van der Waals surface area contributed by atoms with Crippen molar-refractivity contribution >= 4 is 34.3 Å². The van der Waals surface area contributed by atoms with Gasteiger partial charge in [0.15, 0.2) is 5.65 Å². The molecular weight excluding hydrogens is 402 g/mol. The minimum Gasteiger partial charge on any atom is -0.367 e. The maximum absolute atomic E-state index is 12.9. The number of nitrogens with one attached hydrogen (secondary N) is 2. The van der Waals surface area contributed by atoms with Crippen LogP contribution in [0.2, 0.25) is 0 Å². The number of aromatic nitrogens is 4. The average molecular weight is 421 g/mol. The highest BCUT2D eigenvalue weighted by Crippen LogP contribution is 2.27. The number of carbonyl (C=O) groups is 1. The molecule has 0 bridgehead atoms. The Bertz CT molecular complexity index is 1270. The Morgan fingerprint density at radius 2 is 2.00 bits per heavy atom. The summed E-state index contributed by atoms with van der Waals surface area (Å²) in [5.74, 6) is -0.243. The van der Waals surface area contributed by atoms with E-state index in [1.807, 2.05) is 12.1 Å². The summed E-state index contributed by atoms with van der Waals surface area (Å²) >= 11 is 1.22. The molecule has 1 aliphatic rings. The van der Waals surface area contributed by atoms with Gasteiger partial charge in [0, 0.05) is 38.6 Å². The van der Waals surface area contributed by atoms with E-state index in [0.29, 0.717) is 21.2 Å². The van der Waals surface area contributed by atoms with Crippen LogP contribution in [0.1, 0.15) is 9.67 Å². The van der Waals surface area contributed by atoms with Gasteiger partial charge in [-0.15, -0.1) is 16.4 Å². The van der Waals surface area contributed by atoms with Gasteiger partial charge in [0.25, 0.3) is 5.91 Å². The number of fused-ring (bicyclic) bond motifs is 1. The van der Waals surface area contributed by atoms with Gasteiger partial charge in [-0.05, 0) is 30.3 Å². The third-order valence-corrected chi connectivity index (χ3v) is 6.02. The number of carbonyl (C=O) groups excluding carboxylic acids is 1. The molecule has 9 nitrogen and oxygen atoms in total. The summed E-state index contributed by atoms with van der Waals surface area (Å²) in [6.07, 6.45) is 5.06. The van der Waals surface area contributed by atoms with Crippen LogP contribution in [0, 0.1) is 0 Å². The van der Waals surface area contributed by atoms with Crippen molar-refractivity contribution < 1.29 is 4.79 Å². The fraction of sp³-hybridized carbons (Fsp3) is 0.200. The highest BCUT2D eigenvalue weighted by molar-refractivity contribution is 7.16. The molecule has 0 spiro atoms. The van der Waals surface area contributed by atoms with E-state index in [1.165, 1.54) is 20.4 Å². The molecule has 0 unspecified atom stereocenters. The van der Waals surface area contributed by atoms with E-state index >= 15 is 0 Å². The van der Waals surface area contributed by atoms with Crippen LogP contribution in [0.5, 0.6) is 0 Å². The monoisotopic (exact) mass is 421 g/mol. The summed E-state index contributed by atoms with van der Waals surface area (Å²) in [5.41, 5.74) is 1.91. The van der Waals surface area contributed by atoms with E-state index in [1.54, 1.807) is 42.9 Å². The molecule has 0 aromatic carbocycles. The highest BCUT2D eigenvalue weighted by atomic mass is 32.1. The number of amides is 1. The molecule has 0 saturated carbocycles. The second-order valence-electron chi connectivity index (χ2n) is 6.85. The second kappa shape index (κ2) is 7.73. The van der Waals surface area contributed by atoms with Crippen LogP contribution >= 0.6 is 11.3 Å². The Kier molecular flexibility index (Phi) is 4.77. The summed E-state index contributed by atoms with van der Waals surface area (Å²) in [5, 5.41) is 11.2. The number of nitrogens with zero attached hydrogens (tertiary/aromatic N) is 5. The van der Waals surface area contributed by atoms with Gasteiger partial charge in [0.1, 0.15) is 5.00 Å². The maximum atomic E-state index is 12.9. The molecule has 0 atom stereocenters. The normalized spacial score (nSPS) is 14.2. The van der Waals surface area contributed by atoms with E-state index in [-0.39, 0.29) is 11.6 Å². The number of piperazine rings is 1. The van der Waals surface area contributed by atoms with Crippen molar-refractivity contribution in [2.45, 2.75) is 0 Å². The van der Waals surface area contributed by atoms with E-state index in [9.17, 15) is 9.59 Å². The van der Waals surface area contributed by atoms with Gasteiger partial charge in [0.2, 0.25) is 0 Å². The van der Waals surface area contributed by atoms with Crippen molar-refractivity contribution in [3.63, 3.8) is 0 Å². The summed E-state index contributed by atoms with van der Waals surface area (Å²) < 4.78 is 2.78. The summed E-state index contributed by atoms with van der Waals surface area (Å²) in [6.45, 7) is 3.54. The minimum absolute atomic E-state index is 0.243. The predicted molar refractivity (Wildman–Crippen MR) is 116 cm³/mol. The third kappa shape index (κ3) is 3.36. The zero-order valence-corrected chi connectivity index (χ0v) is 16.8. The van der Waals surface area contributed by atoms with Crippen molar-refractivity contribution in [3.05, 3.63) is 70.4 Å². The number of rotatable bonds is 4. The van der Waals surface area contributed by atoms with E-state index < -0.39 is 0 Å². The lowest BCUT2D eigenvalue weighted by Gasteiger charge is -2.30. The van der Waals surface area contributed by atoms with Crippen LogP contribution < -0.4 is 21.2 Å². The quantitative estimate of drug-likeness (QED) is 0.520. The van der Waals surface area contributed by atoms with Gasteiger partial charge in [-0.1, -0.05) is 6.07 Å². The molecule has 0 radical (unpaired) electrons. The molecule has 4 aromatic heterocycles. The van der Waals surface area contributed by atoms with Gasteiger partial charge < -0.3 is 15.5 Å². The minimum atomic E-state index is -0.271. The lowest BCUT2D eigenvalue weighted by atomic mass is 10.2. The molecule has 10 heteroatoms. The van der Waals surface area contributed by atoms with Gasteiger partial charge >= 0.3 is 5.69 Å². The number of pyridine rings is 2. The first-order valence-corrected chi connectivity index (χ1v) is 10.4. The third-order valence-electron chi connectivity index (χ3n) is 4.96. The Morgan fingerprint density at radius 1 is 1.13 bits per heavy atom. The topological polar surface area (TPSA) is 96.6 Å². The first-order valence-electron chi connectivity index (χ1n) is 9.58. The van der Waals surface area contributed by atoms with Crippen LogP contribution in [0.15, 0.2) is 59.8 Å². The first kappa shape index (κ1) is 18.5. The van der Waals surface area contributed by atoms with Crippen molar-refractivity contribution in [2.75, 3.05) is 36.4 Å². The summed E-state index contributed by atoms with van der Waals surface area (Å²) in [6, 6.07) is 10.7. The molecule has 152 valence electrons. The molecule has 1 saturated heterocycles. The standard InChI is InChI=1S/C20H19N7O2S/c28-19(23-14-13-22-7-6-15(14)25-11-8-21-9-12-25)16-4-5-18(30-16)27-20(29)26-10-2-1-3-17(26)24-27/h1-7,10,13,21H,8-9,11-12H2,(H,23,28). The van der Waals surface area contributed by atoms with E-state index in [0.717, 1.165) is 31.9 Å². The molecule has 1 amide bonds. The lowest BCUT2D eigenvalue weighted by molar-refractivity contribution is 0.103. The molecule has 1 aliphatic heterocycles. The van der Waals surface area contributed by atoms with Crippen molar-refractivity contribution in [1.29, 1.82) is 0 Å². The molecule has 30 heavy (non-hydrogen) atoms. The van der Waals surface area contributed by atoms with Crippen molar-refractivity contribution in [2.24, 2.45) is 0 Å².